The molecule has 0 fully saturated rings. The number of nitro groups is 1. The van der Waals surface area contributed by atoms with Crippen LogP contribution in [0.5, 0.6) is 0 Å². The highest BCUT2D eigenvalue weighted by Gasteiger charge is 2.30. The maximum absolute atomic E-state index is 11.1. The van der Waals surface area contributed by atoms with E-state index in [-0.39, 0.29) is 22.7 Å². The minimum atomic E-state index is -0.367. The maximum Gasteiger partial charge on any atom is 0.269 e. The van der Waals surface area contributed by atoms with E-state index in [4.69, 9.17) is 0 Å². The highest BCUT2D eigenvalue weighted by molar-refractivity contribution is 5.42. The van der Waals surface area contributed by atoms with Crippen LogP contribution in [-0.2, 0) is 0 Å². The van der Waals surface area contributed by atoms with Crippen molar-refractivity contribution in [3.63, 3.8) is 0 Å². The number of anilines is 1. The Bertz CT molecular complexity index is 982. The third-order valence-corrected chi connectivity index (χ3v) is 5.03. The van der Waals surface area contributed by atoms with Crippen molar-refractivity contribution in [1.29, 1.82) is 0 Å². The topological polar surface area (TPSA) is 85.9 Å². The van der Waals surface area contributed by atoms with E-state index in [0.29, 0.717) is 5.95 Å². The van der Waals surface area contributed by atoms with E-state index < -0.39 is 0 Å². The van der Waals surface area contributed by atoms with Crippen LogP contribution in [-0.4, -0.2) is 19.7 Å². The summed E-state index contributed by atoms with van der Waals surface area (Å²) in [4.78, 5) is 15.1. The third-order valence-electron chi connectivity index (χ3n) is 5.03. The summed E-state index contributed by atoms with van der Waals surface area (Å²) in [5.41, 5.74) is 4.62. The molecule has 7 heteroatoms. The second kappa shape index (κ2) is 6.25. The zero-order chi connectivity index (χ0) is 18.3. The molecule has 0 amide bonds. The summed E-state index contributed by atoms with van der Waals surface area (Å²) in [6.45, 7) is 4.19. The van der Waals surface area contributed by atoms with Gasteiger partial charge >= 0.3 is 0 Å². The van der Waals surface area contributed by atoms with Gasteiger partial charge in [0.05, 0.1) is 17.0 Å². The van der Waals surface area contributed by atoms with Gasteiger partial charge in [-0.1, -0.05) is 30.3 Å². The van der Waals surface area contributed by atoms with Crippen LogP contribution < -0.4 is 5.32 Å². The summed E-state index contributed by atoms with van der Waals surface area (Å²) in [6, 6.07) is 13.1. The van der Waals surface area contributed by atoms with E-state index in [1.807, 2.05) is 6.07 Å². The van der Waals surface area contributed by atoms with Crippen LogP contribution in [0.25, 0.3) is 0 Å². The lowest BCUT2D eigenvalue weighted by molar-refractivity contribution is -0.384. The molecule has 0 saturated heterocycles. The van der Waals surface area contributed by atoms with Gasteiger partial charge in [-0.25, -0.2) is 4.68 Å². The van der Waals surface area contributed by atoms with Crippen molar-refractivity contribution in [3.05, 3.63) is 81.2 Å². The number of nitrogens with zero attached hydrogens (tertiary/aromatic N) is 4. The van der Waals surface area contributed by atoms with E-state index in [2.05, 4.69) is 47.4 Å². The third kappa shape index (κ3) is 2.81. The van der Waals surface area contributed by atoms with Crippen LogP contribution in [0.15, 0.2) is 48.8 Å². The second-order valence-corrected chi connectivity index (χ2v) is 6.67. The summed E-state index contributed by atoms with van der Waals surface area (Å²) in [5, 5.41) is 18.9. The molecule has 0 radical (unpaired) electrons. The fourth-order valence-corrected chi connectivity index (χ4v) is 3.44. The number of benzene rings is 2. The van der Waals surface area contributed by atoms with Crippen LogP contribution in [0.1, 0.15) is 40.8 Å². The molecule has 2 unspecified atom stereocenters. The Morgan fingerprint density at radius 2 is 2.00 bits per heavy atom. The van der Waals surface area contributed by atoms with E-state index in [1.54, 1.807) is 16.8 Å². The largest absolute Gasteiger partial charge is 0.348 e. The number of rotatable bonds is 3. The van der Waals surface area contributed by atoms with Crippen molar-refractivity contribution in [2.24, 2.45) is 0 Å². The average Bonchev–Trinajstić information content (AvgIpc) is 3.12. The van der Waals surface area contributed by atoms with Crippen molar-refractivity contribution in [2.45, 2.75) is 32.4 Å². The number of non-ortho nitro benzene ring substituents is 1. The van der Waals surface area contributed by atoms with E-state index in [0.717, 1.165) is 12.0 Å². The number of hydrogen-bond donors (Lipinski definition) is 1. The Hall–Kier alpha value is -3.22. The zero-order valence-electron chi connectivity index (χ0n) is 14.6. The zero-order valence-corrected chi connectivity index (χ0v) is 14.6. The standard InChI is InChI=1S/C19H19N5O2/c1-12-6-7-14(8-13(12)2)17-10-18(23-19(22-17)20-11-21-23)15-4-3-5-16(9-15)24(25)26/h3-9,11,17-18H,10H2,1-2H3,(H,20,21,22). The van der Waals surface area contributed by atoms with E-state index >= 15 is 0 Å². The Labute approximate surface area is 150 Å². The first-order chi connectivity index (χ1) is 12.5. The van der Waals surface area contributed by atoms with E-state index in [1.165, 1.54) is 29.1 Å². The van der Waals surface area contributed by atoms with Gasteiger partial charge in [0.15, 0.2) is 0 Å². The SMILES string of the molecule is Cc1ccc(C2CC(c3cccc([N+](=O)[O-])c3)n3ncnc3N2)cc1C. The average molecular weight is 349 g/mol. The highest BCUT2D eigenvalue weighted by atomic mass is 16.6. The first-order valence-corrected chi connectivity index (χ1v) is 8.50. The molecule has 0 saturated carbocycles. The Morgan fingerprint density at radius 3 is 2.77 bits per heavy atom. The number of hydrogen-bond acceptors (Lipinski definition) is 5. The van der Waals surface area contributed by atoms with Crippen molar-refractivity contribution in [2.75, 3.05) is 5.32 Å². The van der Waals surface area contributed by atoms with Crippen LogP contribution in [0.4, 0.5) is 11.6 Å². The van der Waals surface area contributed by atoms with Gasteiger partial charge in [0, 0.05) is 12.1 Å². The molecule has 1 aliphatic heterocycles. The Morgan fingerprint density at radius 1 is 1.15 bits per heavy atom. The highest BCUT2D eigenvalue weighted by Crippen LogP contribution is 2.38. The minimum absolute atomic E-state index is 0.0651. The molecule has 0 bridgehead atoms. The van der Waals surface area contributed by atoms with Crippen LogP contribution in [0.3, 0.4) is 0 Å². The molecular weight excluding hydrogens is 330 g/mol. The first kappa shape index (κ1) is 16.3. The summed E-state index contributed by atoms with van der Waals surface area (Å²) < 4.78 is 1.80. The predicted molar refractivity (Wildman–Crippen MR) is 98.2 cm³/mol. The molecule has 4 rings (SSSR count). The number of aryl methyl sites for hydroxylation is 2. The molecule has 132 valence electrons. The number of nitrogens with one attached hydrogen (secondary N) is 1. The minimum Gasteiger partial charge on any atom is -0.348 e. The summed E-state index contributed by atoms with van der Waals surface area (Å²) in [5.74, 6) is 0.677. The quantitative estimate of drug-likeness (QED) is 0.571. The van der Waals surface area contributed by atoms with Gasteiger partial charge in [-0.15, -0.1) is 0 Å². The lowest BCUT2D eigenvalue weighted by Crippen LogP contribution is -2.28. The molecule has 3 aromatic rings. The molecule has 2 aromatic carbocycles. The molecule has 2 atom stereocenters. The van der Waals surface area contributed by atoms with Crippen molar-refractivity contribution >= 4 is 11.6 Å². The molecule has 0 spiro atoms. The second-order valence-electron chi connectivity index (χ2n) is 6.67. The molecule has 1 aromatic heterocycles. The van der Waals surface area contributed by atoms with Crippen molar-refractivity contribution in [1.82, 2.24) is 14.8 Å². The summed E-state index contributed by atoms with van der Waals surface area (Å²) >= 11 is 0. The fraction of sp³-hybridized carbons (Fsp3) is 0.263. The number of aromatic nitrogens is 3. The smallest absolute Gasteiger partial charge is 0.269 e. The van der Waals surface area contributed by atoms with Crippen LogP contribution in [0, 0.1) is 24.0 Å². The Balaban J connectivity index is 1.74. The molecule has 7 nitrogen and oxygen atoms in total. The molecule has 1 aliphatic rings. The van der Waals surface area contributed by atoms with Crippen LogP contribution in [0.2, 0.25) is 0 Å². The van der Waals surface area contributed by atoms with Gasteiger partial charge in [0.2, 0.25) is 5.95 Å². The predicted octanol–water partition coefficient (Wildman–Crippen LogP) is 3.95. The lowest BCUT2D eigenvalue weighted by atomic mass is 9.92. The number of nitro benzene ring substituents is 1. The van der Waals surface area contributed by atoms with Gasteiger partial charge in [-0.05, 0) is 42.5 Å². The lowest BCUT2D eigenvalue weighted by Gasteiger charge is -2.32. The molecule has 1 N–H and O–H groups in total. The van der Waals surface area contributed by atoms with Crippen molar-refractivity contribution < 1.29 is 4.92 Å². The molecule has 0 aliphatic carbocycles. The normalized spacial score (nSPS) is 18.8. The maximum atomic E-state index is 11.1. The van der Waals surface area contributed by atoms with Gasteiger partial charge in [0.25, 0.3) is 5.69 Å². The Kier molecular flexibility index (Phi) is 3.91. The molecular formula is C19H19N5O2. The molecule has 26 heavy (non-hydrogen) atoms. The van der Waals surface area contributed by atoms with Crippen molar-refractivity contribution in [3.8, 4) is 0 Å². The summed E-state index contributed by atoms with van der Waals surface area (Å²) in [6.07, 6.45) is 2.25. The van der Waals surface area contributed by atoms with Crippen LogP contribution >= 0.6 is 0 Å². The molecule has 2 heterocycles. The fourth-order valence-electron chi connectivity index (χ4n) is 3.44. The first-order valence-electron chi connectivity index (χ1n) is 8.50. The number of fused-ring (bicyclic) bond motifs is 1. The van der Waals surface area contributed by atoms with Gasteiger partial charge in [0.1, 0.15) is 6.33 Å². The van der Waals surface area contributed by atoms with Gasteiger partial charge < -0.3 is 5.32 Å². The summed E-state index contributed by atoms with van der Waals surface area (Å²) in [7, 11) is 0. The van der Waals surface area contributed by atoms with E-state index in [9.17, 15) is 10.1 Å². The monoisotopic (exact) mass is 349 g/mol. The van der Waals surface area contributed by atoms with Gasteiger partial charge in [-0.2, -0.15) is 10.1 Å². The van der Waals surface area contributed by atoms with Gasteiger partial charge in [-0.3, -0.25) is 10.1 Å².